The number of hydrogen-bond donors (Lipinski definition) is 0. The van der Waals surface area contributed by atoms with Gasteiger partial charge in [-0.1, -0.05) is 0 Å². The van der Waals surface area contributed by atoms with E-state index in [4.69, 9.17) is 9.47 Å². The summed E-state index contributed by atoms with van der Waals surface area (Å²) in [6, 6.07) is 1.75. The maximum Gasteiger partial charge on any atom is 0.272 e. The Labute approximate surface area is 150 Å². The van der Waals surface area contributed by atoms with E-state index in [9.17, 15) is 4.79 Å². The van der Waals surface area contributed by atoms with Crippen LogP contribution in [0.15, 0.2) is 17.6 Å². The van der Waals surface area contributed by atoms with Crippen LogP contribution in [0.4, 0.5) is 0 Å². The summed E-state index contributed by atoms with van der Waals surface area (Å²) in [5.41, 5.74) is 1.34. The second-order valence-electron chi connectivity index (χ2n) is 6.82. The van der Waals surface area contributed by atoms with Gasteiger partial charge in [-0.2, -0.15) is 5.10 Å². The predicted molar refractivity (Wildman–Crippen MR) is 92.5 cm³/mol. The Morgan fingerprint density at radius 1 is 1.52 bits per heavy atom. The first kappa shape index (κ1) is 16.7. The Bertz CT molecular complexity index is 766. The number of carbonyl (C=O) groups is 1. The van der Waals surface area contributed by atoms with E-state index in [1.54, 1.807) is 35.3 Å². The van der Waals surface area contributed by atoms with Gasteiger partial charge in [-0.15, -0.1) is 11.3 Å². The summed E-state index contributed by atoms with van der Waals surface area (Å²) in [6.45, 7) is 4.45. The van der Waals surface area contributed by atoms with E-state index in [1.807, 2.05) is 17.2 Å². The van der Waals surface area contributed by atoms with Crippen molar-refractivity contribution in [1.29, 1.82) is 0 Å². The number of aromatic nitrogens is 3. The molecular weight excluding hydrogens is 340 g/mol. The van der Waals surface area contributed by atoms with E-state index < -0.39 is 0 Å². The summed E-state index contributed by atoms with van der Waals surface area (Å²) in [6.07, 6.45) is 3.51. The molecule has 1 atom stereocenters. The van der Waals surface area contributed by atoms with Gasteiger partial charge in [-0.05, 0) is 19.4 Å². The largest absolute Gasteiger partial charge is 0.372 e. The van der Waals surface area contributed by atoms with Crippen molar-refractivity contribution in [2.24, 2.45) is 7.05 Å². The lowest BCUT2D eigenvalue weighted by Gasteiger charge is -2.52. The van der Waals surface area contributed by atoms with Gasteiger partial charge in [0.15, 0.2) is 0 Å². The quantitative estimate of drug-likeness (QED) is 0.829. The van der Waals surface area contributed by atoms with Crippen LogP contribution in [0.3, 0.4) is 0 Å². The minimum Gasteiger partial charge on any atom is -0.372 e. The van der Waals surface area contributed by atoms with Crippen LogP contribution in [0, 0.1) is 6.92 Å². The molecule has 0 radical (unpaired) electrons. The van der Waals surface area contributed by atoms with E-state index in [0.717, 1.165) is 23.5 Å². The van der Waals surface area contributed by atoms with Gasteiger partial charge in [0.2, 0.25) is 0 Å². The monoisotopic (exact) mass is 362 g/mol. The first-order chi connectivity index (χ1) is 12.0. The molecule has 0 saturated carbocycles. The molecule has 4 heterocycles. The van der Waals surface area contributed by atoms with Gasteiger partial charge in [0.1, 0.15) is 11.3 Å². The normalized spacial score (nSPS) is 22.2. The van der Waals surface area contributed by atoms with Gasteiger partial charge in [0.05, 0.1) is 36.5 Å². The van der Waals surface area contributed by atoms with Gasteiger partial charge in [-0.25, -0.2) is 4.98 Å². The molecule has 2 aliphatic heterocycles. The fraction of sp³-hybridized carbons (Fsp3) is 0.588. The Kier molecular flexibility index (Phi) is 4.35. The number of likely N-dealkylation sites (tertiary alicyclic amines) is 1. The average molecular weight is 362 g/mol. The molecule has 2 fully saturated rings. The number of rotatable bonds is 4. The second-order valence-corrected chi connectivity index (χ2v) is 7.88. The fourth-order valence-corrected chi connectivity index (χ4v) is 4.16. The summed E-state index contributed by atoms with van der Waals surface area (Å²) < 4.78 is 13.7. The maximum atomic E-state index is 12.5. The standard InChI is InChI=1S/C17H22N4O3S/c1-12-19-13(9-25-12)8-23-14-4-6-24-17(7-14)10-21(11-17)16(22)15-3-5-18-20(15)2/h3,5,9,14H,4,6-8,10-11H2,1-2H3/t14-/m1/s1. The minimum atomic E-state index is -0.255. The fourth-order valence-electron chi connectivity index (χ4n) is 3.56. The van der Waals surface area contributed by atoms with Crippen molar-refractivity contribution in [3.8, 4) is 0 Å². The van der Waals surface area contributed by atoms with Crippen molar-refractivity contribution in [3.05, 3.63) is 34.0 Å². The van der Waals surface area contributed by atoms with Gasteiger partial charge >= 0.3 is 0 Å². The van der Waals surface area contributed by atoms with E-state index in [-0.39, 0.29) is 17.6 Å². The Balaban J connectivity index is 1.31. The second kappa shape index (κ2) is 6.51. The Hall–Kier alpha value is -1.77. The molecule has 1 amide bonds. The molecule has 2 saturated heterocycles. The van der Waals surface area contributed by atoms with Crippen molar-refractivity contribution < 1.29 is 14.3 Å². The zero-order valence-electron chi connectivity index (χ0n) is 14.5. The smallest absolute Gasteiger partial charge is 0.272 e. The van der Waals surface area contributed by atoms with E-state index in [1.165, 1.54) is 0 Å². The first-order valence-corrected chi connectivity index (χ1v) is 9.36. The van der Waals surface area contributed by atoms with Gasteiger partial charge in [-0.3, -0.25) is 9.48 Å². The summed E-state index contributed by atoms with van der Waals surface area (Å²) in [5, 5.41) is 7.17. The number of amides is 1. The summed E-state index contributed by atoms with van der Waals surface area (Å²) >= 11 is 1.64. The van der Waals surface area contributed by atoms with E-state index in [0.29, 0.717) is 32.0 Å². The lowest BCUT2D eigenvalue weighted by molar-refractivity contribution is -0.188. The number of thiazole rings is 1. The molecular formula is C17H22N4O3S. The number of hydrogen-bond acceptors (Lipinski definition) is 6. The van der Waals surface area contributed by atoms with E-state index in [2.05, 4.69) is 10.1 Å². The molecule has 0 bridgehead atoms. The highest BCUT2D eigenvalue weighted by Crippen LogP contribution is 2.36. The molecule has 134 valence electrons. The van der Waals surface area contributed by atoms with Crippen molar-refractivity contribution in [2.75, 3.05) is 19.7 Å². The maximum absolute atomic E-state index is 12.5. The zero-order valence-corrected chi connectivity index (χ0v) is 15.3. The van der Waals surface area contributed by atoms with Crippen LogP contribution >= 0.6 is 11.3 Å². The molecule has 0 aromatic carbocycles. The number of nitrogens with zero attached hydrogens (tertiary/aromatic N) is 4. The average Bonchev–Trinajstić information content (AvgIpc) is 3.18. The molecule has 1 spiro atoms. The van der Waals surface area contributed by atoms with Gasteiger partial charge in [0, 0.05) is 31.7 Å². The third kappa shape index (κ3) is 3.33. The van der Waals surface area contributed by atoms with Crippen molar-refractivity contribution in [3.63, 3.8) is 0 Å². The highest BCUT2D eigenvalue weighted by Gasteiger charge is 2.50. The summed E-state index contributed by atoms with van der Waals surface area (Å²) in [5.74, 6) is 0.00946. The molecule has 0 unspecified atom stereocenters. The minimum absolute atomic E-state index is 0.00946. The number of aryl methyl sites for hydroxylation is 2. The van der Waals surface area contributed by atoms with Crippen LogP contribution in [0.1, 0.15) is 34.0 Å². The molecule has 0 N–H and O–H groups in total. The molecule has 4 rings (SSSR count). The lowest BCUT2D eigenvalue weighted by atomic mass is 9.84. The third-order valence-corrected chi connectivity index (χ3v) is 5.69. The Morgan fingerprint density at radius 2 is 2.36 bits per heavy atom. The van der Waals surface area contributed by atoms with Gasteiger partial charge < -0.3 is 14.4 Å². The number of carbonyl (C=O) groups excluding carboxylic acids is 1. The van der Waals surface area contributed by atoms with Crippen LogP contribution in [-0.4, -0.2) is 57.0 Å². The highest BCUT2D eigenvalue weighted by atomic mass is 32.1. The number of ether oxygens (including phenoxy) is 2. The van der Waals surface area contributed by atoms with Crippen LogP contribution in [-0.2, 0) is 23.1 Å². The zero-order chi connectivity index (χ0) is 17.4. The van der Waals surface area contributed by atoms with Crippen molar-refractivity contribution >= 4 is 17.2 Å². The van der Waals surface area contributed by atoms with Crippen LogP contribution < -0.4 is 0 Å². The topological polar surface area (TPSA) is 69.5 Å². The molecule has 0 aliphatic carbocycles. The first-order valence-electron chi connectivity index (χ1n) is 8.48. The molecule has 2 aromatic rings. The van der Waals surface area contributed by atoms with Crippen LogP contribution in [0.2, 0.25) is 0 Å². The van der Waals surface area contributed by atoms with E-state index >= 15 is 0 Å². The van der Waals surface area contributed by atoms with Gasteiger partial charge in [0.25, 0.3) is 5.91 Å². The summed E-state index contributed by atoms with van der Waals surface area (Å²) in [4.78, 5) is 18.8. The predicted octanol–water partition coefficient (Wildman–Crippen LogP) is 1.78. The highest BCUT2D eigenvalue weighted by molar-refractivity contribution is 7.09. The third-order valence-electron chi connectivity index (χ3n) is 4.87. The molecule has 25 heavy (non-hydrogen) atoms. The van der Waals surface area contributed by atoms with Crippen LogP contribution in [0.5, 0.6) is 0 Å². The SMILES string of the molecule is Cc1nc(CO[C@@H]2CCOC3(C2)CN(C(=O)c2ccnn2C)C3)cs1. The summed E-state index contributed by atoms with van der Waals surface area (Å²) in [7, 11) is 1.78. The molecule has 2 aromatic heterocycles. The lowest BCUT2D eigenvalue weighted by Crippen LogP contribution is -2.67. The molecule has 2 aliphatic rings. The molecule has 7 nitrogen and oxygen atoms in total. The van der Waals surface area contributed by atoms with Crippen molar-refractivity contribution in [2.45, 2.75) is 38.1 Å². The Morgan fingerprint density at radius 3 is 3.04 bits per heavy atom. The molecule has 8 heteroatoms. The van der Waals surface area contributed by atoms with Crippen molar-refractivity contribution in [1.82, 2.24) is 19.7 Å². The van der Waals surface area contributed by atoms with Crippen LogP contribution in [0.25, 0.3) is 0 Å².